The SMILES string of the molecule is CN=C(NCC(=O)N(C)CC(F)(F)F)N1CCC2C(CCCN2Cc2ccccc2)C1. The first-order chi connectivity index (χ1) is 14.8. The third-order valence-electron chi connectivity index (χ3n) is 6.16. The van der Waals surface area contributed by atoms with Gasteiger partial charge in [-0.3, -0.25) is 14.7 Å². The van der Waals surface area contributed by atoms with Crippen molar-refractivity contribution in [1.82, 2.24) is 20.0 Å². The van der Waals surface area contributed by atoms with Gasteiger partial charge in [-0.15, -0.1) is 0 Å². The average Bonchev–Trinajstić information content (AvgIpc) is 2.73. The number of hydrogen-bond donors (Lipinski definition) is 1. The zero-order chi connectivity index (χ0) is 22.4. The molecule has 1 amide bonds. The molecule has 2 fully saturated rings. The number of alkyl halides is 3. The maximum absolute atomic E-state index is 12.5. The van der Waals surface area contributed by atoms with E-state index in [-0.39, 0.29) is 6.54 Å². The minimum Gasteiger partial charge on any atom is -0.347 e. The third kappa shape index (κ3) is 6.59. The molecule has 0 radical (unpaired) electrons. The number of likely N-dealkylation sites (tertiary alicyclic amines) is 2. The fourth-order valence-electron chi connectivity index (χ4n) is 4.69. The van der Waals surface area contributed by atoms with Crippen molar-refractivity contribution in [2.24, 2.45) is 10.9 Å². The Hall–Kier alpha value is -2.29. The first-order valence-electron chi connectivity index (χ1n) is 10.8. The van der Waals surface area contributed by atoms with Gasteiger partial charge >= 0.3 is 6.18 Å². The predicted molar refractivity (Wildman–Crippen MR) is 115 cm³/mol. The van der Waals surface area contributed by atoms with E-state index in [0.29, 0.717) is 22.8 Å². The first-order valence-corrected chi connectivity index (χ1v) is 10.8. The highest BCUT2D eigenvalue weighted by Gasteiger charge is 2.37. The van der Waals surface area contributed by atoms with Gasteiger partial charge in [-0.2, -0.15) is 13.2 Å². The molecule has 2 heterocycles. The molecule has 0 spiro atoms. The Morgan fingerprint density at radius 2 is 1.97 bits per heavy atom. The topological polar surface area (TPSA) is 51.2 Å². The lowest BCUT2D eigenvalue weighted by molar-refractivity contribution is -0.157. The molecule has 172 valence electrons. The number of nitrogens with zero attached hydrogens (tertiary/aromatic N) is 4. The van der Waals surface area contributed by atoms with E-state index in [1.54, 1.807) is 7.05 Å². The van der Waals surface area contributed by atoms with Gasteiger partial charge in [0.15, 0.2) is 5.96 Å². The number of carbonyl (C=O) groups is 1. The molecule has 2 aliphatic rings. The van der Waals surface area contributed by atoms with Gasteiger partial charge in [-0.25, -0.2) is 0 Å². The van der Waals surface area contributed by atoms with Gasteiger partial charge in [-0.1, -0.05) is 30.3 Å². The summed E-state index contributed by atoms with van der Waals surface area (Å²) in [7, 11) is 2.80. The Morgan fingerprint density at radius 3 is 2.65 bits per heavy atom. The van der Waals surface area contributed by atoms with Gasteiger partial charge < -0.3 is 15.1 Å². The lowest BCUT2D eigenvalue weighted by Gasteiger charge is -2.48. The van der Waals surface area contributed by atoms with Gasteiger partial charge in [0.1, 0.15) is 6.54 Å². The summed E-state index contributed by atoms with van der Waals surface area (Å²) in [5.74, 6) is 0.473. The van der Waals surface area contributed by atoms with Crippen LogP contribution in [0.5, 0.6) is 0 Å². The van der Waals surface area contributed by atoms with Crippen LogP contribution >= 0.6 is 0 Å². The van der Waals surface area contributed by atoms with Crippen molar-refractivity contribution < 1.29 is 18.0 Å². The molecular formula is C22H32F3N5O. The molecule has 1 aromatic rings. The van der Waals surface area contributed by atoms with Crippen molar-refractivity contribution in [2.45, 2.75) is 38.0 Å². The molecular weight excluding hydrogens is 407 g/mol. The number of amides is 1. The van der Waals surface area contributed by atoms with Crippen molar-refractivity contribution in [3.05, 3.63) is 35.9 Å². The molecule has 0 aromatic heterocycles. The molecule has 1 aromatic carbocycles. The molecule has 2 aliphatic heterocycles. The van der Waals surface area contributed by atoms with Gasteiger partial charge in [0, 0.05) is 39.8 Å². The fraction of sp³-hybridized carbons (Fsp3) is 0.636. The number of aliphatic imine (C=N–C) groups is 1. The number of rotatable bonds is 5. The smallest absolute Gasteiger partial charge is 0.347 e. The Kier molecular flexibility index (Phi) is 7.80. The molecule has 0 bridgehead atoms. The molecule has 2 atom stereocenters. The average molecular weight is 440 g/mol. The number of nitrogens with one attached hydrogen (secondary N) is 1. The van der Waals surface area contributed by atoms with Crippen LogP contribution in [0.3, 0.4) is 0 Å². The van der Waals surface area contributed by atoms with Crippen LogP contribution in [-0.2, 0) is 11.3 Å². The van der Waals surface area contributed by atoms with E-state index in [1.807, 2.05) is 6.07 Å². The molecule has 3 rings (SSSR count). The second-order valence-electron chi connectivity index (χ2n) is 8.43. The third-order valence-corrected chi connectivity index (χ3v) is 6.16. The molecule has 31 heavy (non-hydrogen) atoms. The van der Waals surface area contributed by atoms with E-state index in [2.05, 4.69) is 44.4 Å². The van der Waals surface area contributed by atoms with Crippen molar-refractivity contribution >= 4 is 11.9 Å². The number of carbonyl (C=O) groups excluding carboxylic acids is 1. The van der Waals surface area contributed by atoms with E-state index in [0.717, 1.165) is 52.5 Å². The number of hydrogen-bond acceptors (Lipinski definition) is 3. The first kappa shape index (κ1) is 23.4. The van der Waals surface area contributed by atoms with Crippen molar-refractivity contribution in [3.8, 4) is 0 Å². The Morgan fingerprint density at radius 1 is 1.23 bits per heavy atom. The highest BCUT2D eigenvalue weighted by Crippen LogP contribution is 2.31. The highest BCUT2D eigenvalue weighted by atomic mass is 19.4. The van der Waals surface area contributed by atoms with Gasteiger partial charge in [-0.05, 0) is 37.3 Å². The number of guanidine groups is 1. The Bertz CT molecular complexity index is 755. The normalized spacial score (nSPS) is 22.7. The molecule has 6 nitrogen and oxygen atoms in total. The predicted octanol–water partition coefficient (Wildman–Crippen LogP) is 2.57. The summed E-state index contributed by atoms with van der Waals surface area (Å²) in [6, 6.07) is 11.0. The molecule has 0 saturated carbocycles. The van der Waals surface area contributed by atoms with Crippen LogP contribution in [-0.4, -0.2) is 85.6 Å². The minimum absolute atomic E-state index is 0.204. The lowest BCUT2D eigenvalue weighted by atomic mass is 9.83. The number of likely N-dealkylation sites (N-methyl/N-ethyl adjacent to an activating group) is 1. The highest BCUT2D eigenvalue weighted by molar-refractivity contribution is 5.86. The van der Waals surface area contributed by atoms with Crippen LogP contribution in [0.25, 0.3) is 0 Å². The van der Waals surface area contributed by atoms with E-state index < -0.39 is 18.6 Å². The van der Waals surface area contributed by atoms with Crippen LogP contribution < -0.4 is 5.32 Å². The van der Waals surface area contributed by atoms with Crippen LogP contribution in [0.1, 0.15) is 24.8 Å². The van der Waals surface area contributed by atoms with Crippen LogP contribution in [0.2, 0.25) is 0 Å². The Labute approximate surface area is 182 Å². The summed E-state index contributed by atoms with van der Waals surface area (Å²) < 4.78 is 37.5. The molecule has 0 aliphatic carbocycles. The Balaban J connectivity index is 1.53. The standard InChI is InChI=1S/C22H32F3N5O/c1-26-21(27-13-20(31)28(2)16-22(23,24)25)30-12-10-19-18(15-30)9-6-11-29(19)14-17-7-4-3-5-8-17/h3-5,7-8,18-19H,6,9-16H2,1-2H3,(H,26,27). The summed E-state index contributed by atoms with van der Waals surface area (Å²) in [5, 5.41) is 2.96. The largest absolute Gasteiger partial charge is 0.406 e. The quantitative estimate of drug-likeness (QED) is 0.566. The van der Waals surface area contributed by atoms with Crippen LogP contribution in [0.15, 0.2) is 35.3 Å². The number of halogens is 3. The number of piperidine rings is 2. The zero-order valence-electron chi connectivity index (χ0n) is 18.2. The van der Waals surface area contributed by atoms with E-state index >= 15 is 0 Å². The molecule has 9 heteroatoms. The number of benzene rings is 1. The van der Waals surface area contributed by atoms with Gasteiger partial charge in [0.05, 0.1) is 6.54 Å². The summed E-state index contributed by atoms with van der Waals surface area (Å²) in [5.41, 5.74) is 1.32. The van der Waals surface area contributed by atoms with E-state index in [9.17, 15) is 18.0 Å². The molecule has 2 unspecified atom stereocenters. The zero-order valence-corrected chi connectivity index (χ0v) is 18.2. The second-order valence-corrected chi connectivity index (χ2v) is 8.43. The maximum atomic E-state index is 12.5. The fourth-order valence-corrected chi connectivity index (χ4v) is 4.69. The minimum atomic E-state index is -4.40. The molecule has 1 N–H and O–H groups in total. The summed E-state index contributed by atoms with van der Waals surface area (Å²) in [6.07, 6.45) is -1.11. The monoisotopic (exact) mass is 439 g/mol. The van der Waals surface area contributed by atoms with Crippen molar-refractivity contribution in [1.29, 1.82) is 0 Å². The van der Waals surface area contributed by atoms with E-state index in [4.69, 9.17) is 0 Å². The van der Waals surface area contributed by atoms with Crippen LogP contribution in [0, 0.1) is 5.92 Å². The number of fused-ring (bicyclic) bond motifs is 1. The van der Waals surface area contributed by atoms with Crippen LogP contribution in [0.4, 0.5) is 13.2 Å². The summed E-state index contributed by atoms with van der Waals surface area (Å²) in [6.45, 7) is 2.24. The van der Waals surface area contributed by atoms with Gasteiger partial charge in [0.2, 0.25) is 5.91 Å². The van der Waals surface area contributed by atoms with Gasteiger partial charge in [0.25, 0.3) is 0 Å². The summed E-state index contributed by atoms with van der Waals surface area (Å²) in [4.78, 5) is 21.7. The maximum Gasteiger partial charge on any atom is 0.406 e. The second kappa shape index (κ2) is 10.3. The summed E-state index contributed by atoms with van der Waals surface area (Å²) >= 11 is 0. The van der Waals surface area contributed by atoms with Crippen molar-refractivity contribution in [2.75, 3.05) is 46.8 Å². The van der Waals surface area contributed by atoms with Crippen molar-refractivity contribution in [3.63, 3.8) is 0 Å². The lowest BCUT2D eigenvalue weighted by Crippen LogP contribution is -2.57. The molecule has 2 saturated heterocycles. The van der Waals surface area contributed by atoms with E-state index in [1.165, 1.54) is 5.56 Å².